The van der Waals surface area contributed by atoms with Crippen molar-refractivity contribution in [1.82, 2.24) is 14.4 Å². The van der Waals surface area contributed by atoms with Gasteiger partial charge in [0.1, 0.15) is 0 Å². The molecule has 0 N–H and O–H groups in total. The first-order valence-electron chi connectivity index (χ1n) is 8.07. The van der Waals surface area contributed by atoms with E-state index in [1.807, 2.05) is 35.1 Å². The molecule has 1 fully saturated rings. The van der Waals surface area contributed by atoms with Gasteiger partial charge in [-0.05, 0) is 18.6 Å². The number of piperazine rings is 1. The summed E-state index contributed by atoms with van der Waals surface area (Å²) in [7, 11) is 0. The molecule has 2 aromatic rings. The van der Waals surface area contributed by atoms with Gasteiger partial charge in [-0.15, -0.1) is 0 Å². The predicted molar refractivity (Wildman–Crippen MR) is 101 cm³/mol. The molecule has 0 amide bonds. The third-order valence-electron chi connectivity index (χ3n) is 4.51. The van der Waals surface area contributed by atoms with Gasteiger partial charge in [0.15, 0.2) is 0 Å². The molecule has 0 bridgehead atoms. The van der Waals surface area contributed by atoms with E-state index in [0.29, 0.717) is 10.0 Å². The molecule has 2 heterocycles. The minimum atomic E-state index is 0.140. The Morgan fingerprint density at radius 1 is 1.08 bits per heavy atom. The van der Waals surface area contributed by atoms with Crippen molar-refractivity contribution in [2.45, 2.75) is 20.0 Å². The van der Waals surface area contributed by atoms with Gasteiger partial charge in [0.25, 0.3) is 0 Å². The van der Waals surface area contributed by atoms with Crippen molar-refractivity contribution in [2.24, 2.45) is 0 Å². The van der Waals surface area contributed by atoms with Gasteiger partial charge in [0, 0.05) is 56.9 Å². The summed E-state index contributed by atoms with van der Waals surface area (Å²) in [4.78, 5) is 16.7. The average Bonchev–Trinajstić information content (AvgIpc) is 2.90. The van der Waals surface area contributed by atoms with Gasteiger partial charge < -0.3 is 4.57 Å². The Morgan fingerprint density at radius 3 is 2.46 bits per heavy atom. The van der Waals surface area contributed by atoms with Crippen LogP contribution in [0.5, 0.6) is 0 Å². The first kappa shape index (κ1) is 18.0. The van der Waals surface area contributed by atoms with Gasteiger partial charge in [-0.3, -0.25) is 14.6 Å². The molecule has 0 spiro atoms. The van der Waals surface area contributed by atoms with Crippen LogP contribution in [0.1, 0.15) is 11.3 Å². The van der Waals surface area contributed by atoms with Gasteiger partial charge in [-0.2, -0.15) is 0 Å². The first-order valence-corrected chi connectivity index (χ1v) is 9.70. The van der Waals surface area contributed by atoms with Crippen molar-refractivity contribution in [2.75, 3.05) is 32.7 Å². The average molecular weight is 386 g/mol. The molecular weight excluding hydrogens is 365 g/mol. The number of halogens is 2. The Bertz CT molecular complexity index is 751. The molecule has 1 aromatic carbocycles. The summed E-state index contributed by atoms with van der Waals surface area (Å²) >= 11 is 13.6. The molecular formula is C17H21Cl2N3OS. The molecule has 1 aliphatic rings. The highest BCUT2D eigenvalue weighted by Crippen LogP contribution is 2.26. The van der Waals surface area contributed by atoms with Crippen LogP contribution < -0.4 is 4.87 Å². The van der Waals surface area contributed by atoms with E-state index >= 15 is 0 Å². The van der Waals surface area contributed by atoms with E-state index in [4.69, 9.17) is 23.2 Å². The number of rotatable bonds is 5. The SMILES string of the molecule is Cc1csc(=O)n1CCN1CCN(Cc2cccc(Cl)c2Cl)CC1. The van der Waals surface area contributed by atoms with E-state index in [0.717, 1.165) is 57.1 Å². The second-order valence-electron chi connectivity index (χ2n) is 6.13. The van der Waals surface area contributed by atoms with Crippen molar-refractivity contribution in [3.63, 3.8) is 0 Å². The normalized spacial score (nSPS) is 16.6. The molecule has 1 saturated heterocycles. The lowest BCUT2D eigenvalue weighted by Crippen LogP contribution is -2.47. The van der Waals surface area contributed by atoms with E-state index in [2.05, 4.69) is 9.80 Å². The fourth-order valence-corrected chi connectivity index (χ4v) is 4.14. The highest BCUT2D eigenvalue weighted by atomic mass is 35.5. The van der Waals surface area contributed by atoms with Crippen molar-refractivity contribution in [3.05, 3.63) is 54.5 Å². The zero-order valence-corrected chi connectivity index (χ0v) is 16.0. The third kappa shape index (κ3) is 4.21. The molecule has 24 heavy (non-hydrogen) atoms. The lowest BCUT2D eigenvalue weighted by Gasteiger charge is -2.35. The quantitative estimate of drug-likeness (QED) is 0.789. The van der Waals surface area contributed by atoms with Crippen molar-refractivity contribution in [1.29, 1.82) is 0 Å². The van der Waals surface area contributed by atoms with Crippen LogP contribution in [0.25, 0.3) is 0 Å². The molecule has 0 radical (unpaired) electrons. The number of aromatic nitrogens is 1. The number of aryl methyl sites for hydroxylation is 1. The predicted octanol–water partition coefficient (Wildman–Crippen LogP) is 3.34. The van der Waals surface area contributed by atoms with Gasteiger partial charge >= 0.3 is 4.87 Å². The molecule has 7 heteroatoms. The fraction of sp³-hybridized carbons (Fsp3) is 0.471. The first-order chi connectivity index (χ1) is 11.5. The third-order valence-corrected chi connectivity index (χ3v) is 6.25. The second kappa shape index (κ2) is 8.02. The van der Waals surface area contributed by atoms with Gasteiger partial charge in [-0.1, -0.05) is 46.7 Å². The molecule has 3 rings (SSSR count). The van der Waals surface area contributed by atoms with Crippen LogP contribution in [0, 0.1) is 6.92 Å². The zero-order chi connectivity index (χ0) is 17.1. The van der Waals surface area contributed by atoms with Crippen molar-refractivity contribution >= 4 is 34.5 Å². The van der Waals surface area contributed by atoms with E-state index in [-0.39, 0.29) is 4.87 Å². The van der Waals surface area contributed by atoms with Crippen LogP contribution in [0.15, 0.2) is 28.4 Å². The van der Waals surface area contributed by atoms with Crippen molar-refractivity contribution < 1.29 is 0 Å². The zero-order valence-electron chi connectivity index (χ0n) is 13.7. The molecule has 0 aliphatic carbocycles. The number of hydrogen-bond acceptors (Lipinski definition) is 4. The highest BCUT2D eigenvalue weighted by Gasteiger charge is 2.18. The van der Waals surface area contributed by atoms with Crippen LogP contribution in [0.4, 0.5) is 0 Å². The molecule has 1 aromatic heterocycles. The lowest BCUT2D eigenvalue weighted by molar-refractivity contribution is 0.124. The summed E-state index contributed by atoms with van der Waals surface area (Å²) in [5.74, 6) is 0. The molecule has 0 saturated carbocycles. The molecule has 4 nitrogen and oxygen atoms in total. The van der Waals surface area contributed by atoms with Crippen LogP contribution in [0.3, 0.4) is 0 Å². The second-order valence-corrected chi connectivity index (χ2v) is 7.73. The van der Waals surface area contributed by atoms with E-state index in [9.17, 15) is 4.79 Å². The Morgan fingerprint density at radius 2 is 1.79 bits per heavy atom. The Balaban J connectivity index is 1.49. The fourth-order valence-electron chi connectivity index (χ4n) is 3.00. The summed E-state index contributed by atoms with van der Waals surface area (Å²) in [6.45, 7) is 8.53. The van der Waals surface area contributed by atoms with Crippen molar-refractivity contribution in [3.8, 4) is 0 Å². The Labute approximate surface area is 156 Å². The Kier molecular flexibility index (Phi) is 6.00. The Hall–Kier alpha value is -0.850. The summed E-state index contributed by atoms with van der Waals surface area (Å²) in [6.07, 6.45) is 0. The van der Waals surface area contributed by atoms with E-state index in [1.165, 1.54) is 11.3 Å². The topological polar surface area (TPSA) is 28.5 Å². The van der Waals surface area contributed by atoms with Crippen LogP contribution in [-0.4, -0.2) is 47.1 Å². The van der Waals surface area contributed by atoms with Crippen LogP contribution in [-0.2, 0) is 13.1 Å². The molecule has 130 valence electrons. The maximum Gasteiger partial charge on any atom is 0.307 e. The highest BCUT2D eigenvalue weighted by molar-refractivity contribution is 7.07. The van der Waals surface area contributed by atoms with Gasteiger partial charge in [-0.25, -0.2) is 0 Å². The lowest BCUT2D eigenvalue weighted by atomic mass is 10.2. The number of benzene rings is 1. The van der Waals surface area contributed by atoms with E-state index in [1.54, 1.807) is 0 Å². The summed E-state index contributed by atoms with van der Waals surface area (Å²) in [6, 6.07) is 5.80. The number of nitrogens with zero attached hydrogens (tertiary/aromatic N) is 3. The largest absolute Gasteiger partial charge is 0.307 e. The summed E-state index contributed by atoms with van der Waals surface area (Å²) < 4.78 is 1.86. The van der Waals surface area contributed by atoms with Gasteiger partial charge in [0.2, 0.25) is 0 Å². The van der Waals surface area contributed by atoms with E-state index < -0.39 is 0 Å². The molecule has 1 aliphatic heterocycles. The van der Waals surface area contributed by atoms with Crippen LogP contribution >= 0.6 is 34.5 Å². The maximum atomic E-state index is 11.8. The standard InChI is InChI=1S/C17H21Cl2N3OS/c1-13-12-24-17(23)22(13)10-9-20-5-7-21(8-6-20)11-14-3-2-4-15(18)16(14)19/h2-4,12H,5-11H2,1H3. The number of thiazole rings is 1. The minimum absolute atomic E-state index is 0.140. The smallest absolute Gasteiger partial charge is 0.302 e. The summed E-state index contributed by atoms with van der Waals surface area (Å²) in [5.41, 5.74) is 2.14. The molecule has 0 atom stereocenters. The minimum Gasteiger partial charge on any atom is -0.302 e. The molecule has 0 unspecified atom stereocenters. The maximum absolute atomic E-state index is 11.8. The monoisotopic (exact) mass is 385 g/mol. The van der Waals surface area contributed by atoms with Crippen LogP contribution in [0.2, 0.25) is 10.0 Å². The summed E-state index contributed by atoms with van der Waals surface area (Å²) in [5, 5.41) is 3.20. The van der Waals surface area contributed by atoms with Gasteiger partial charge in [0.05, 0.1) is 10.0 Å². The number of hydrogen-bond donors (Lipinski definition) is 0.